The van der Waals surface area contributed by atoms with Gasteiger partial charge in [0, 0.05) is 0 Å². The van der Waals surface area contributed by atoms with Crippen molar-refractivity contribution in [2.75, 3.05) is 0 Å². The molecule has 0 bridgehead atoms. The second-order valence-corrected chi connectivity index (χ2v) is 3.53. The third kappa shape index (κ3) is 7.90. The van der Waals surface area contributed by atoms with Gasteiger partial charge in [-0.05, 0) is 18.8 Å². The van der Waals surface area contributed by atoms with Crippen LogP contribution >= 0.6 is 0 Å². The predicted molar refractivity (Wildman–Crippen MR) is 52.5 cm³/mol. The topological polar surface area (TPSA) is 0 Å². The summed E-state index contributed by atoms with van der Waals surface area (Å²) in [6.07, 6.45) is 10.6. The second kappa shape index (κ2) is 8.10. The normalized spacial score (nSPS) is 13.4. The number of unbranched alkanes of at least 4 members (excludes halogenated alkanes) is 4. The van der Waals surface area contributed by atoms with Crippen molar-refractivity contribution in [1.29, 1.82) is 0 Å². The largest absolute Gasteiger partial charge is 0.0654 e. The summed E-state index contributed by atoms with van der Waals surface area (Å²) in [5.74, 6) is 0.900. The average molecular weight is 155 g/mol. The average Bonchev–Trinajstić information content (AvgIpc) is 2.04. The Morgan fingerprint density at radius 1 is 1.18 bits per heavy atom. The molecular formula is C11H23. The first-order valence-electron chi connectivity index (χ1n) is 5.12. The van der Waals surface area contributed by atoms with Crippen LogP contribution in [0.2, 0.25) is 0 Å². The molecule has 0 amide bonds. The van der Waals surface area contributed by atoms with Gasteiger partial charge in [0.15, 0.2) is 0 Å². The van der Waals surface area contributed by atoms with Crippen LogP contribution in [-0.2, 0) is 0 Å². The Balaban J connectivity index is 2.89. The van der Waals surface area contributed by atoms with Gasteiger partial charge in [-0.3, -0.25) is 0 Å². The first-order valence-corrected chi connectivity index (χ1v) is 5.12. The molecule has 0 saturated heterocycles. The zero-order valence-electron chi connectivity index (χ0n) is 8.40. The summed E-state index contributed by atoms with van der Waals surface area (Å²) in [4.78, 5) is 0. The third-order valence-electron chi connectivity index (χ3n) is 2.28. The molecule has 0 aromatic carbocycles. The fourth-order valence-electron chi connectivity index (χ4n) is 1.11. The fraction of sp³-hybridized carbons (Fsp3) is 0.909. The minimum atomic E-state index is 0.900. The van der Waals surface area contributed by atoms with Crippen molar-refractivity contribution in [2.45, 2.75) is 59.3 Å². The summed E-state index contributed by atoms with van der Waals surface area (Å²) in [5, 5.41) is 0. The minimum Gasteiger partial charge on any atom is -0.0654 e. The fourth-order valence-corrected chi connectivity index (χ4v) is 1.11. The van der Waals surface area contributed by atoms with Crippen molar-refractivity contribution in [2.24, 2.45) is 5.92 Å². The van der Waals surface area contributed by atoms with E-state index in [1.807, 2.05) is 0 Å². The van der Waals surface area contributed by atoms with E-state index in [-0.39, 0.29) is 0 Å². The van der Waals surface area contributed by atoms with Crippen molar-refractivity contribution >= 4 is 0 Å². The van der Waals surface area contributed by atoms with E-state index in [0.29, 0.717) is 0 Å². The quantitative estimate of drug-likeness (QED) is 0.483. The lowest BCUT2D eigenvalue weighted by Gasteiger charge is -2.06. The van der Waals surface area contributed by atoms with Gasteiger partial charge in [-0.15, -0.1) is 0 Å². The lowest BCUT2D eigenvalue weighted by atomic mass is 10.0. The molecule has 1 atom stereocenters. The van der Waals surface area contributed by atoms with Gasteiger partial charge in [-0.2, -0.15) is 0 Å². The summed E-state index contributed by atoms with van der Waals surface area (Å²) in [5.41, 5.74) is 0. The molecule has 0 spiro atoms. The smallest absolute Gasteiger partial charge is 0.0383 e. The van der Waals surface area contributed by atoms with Gasteiger partial charge >= 0.3 is 0 Å². The molecule has 11 heavy (non-hydrogen) atoms. The van der Waals surface area contributed by atoms with E-state index in [2.05, 4.69) is 27.2 Å². The Hall–Kier alpha value is 0. The van der Waals surface area contributed by atoms with Gasteiger partial charge in [0.1, 0.15) is 0 Å². The first kappa shape index (κ1) is 11.0. The molecule has 0 N–H and O–H groups in total. The van der Waals surface area contributed by atoms with Crippen LogP contribution in [0.5, 0.6) is 0 Å². The second-order valence-electron chi connectivity index (χ2n) is 3.53. The molecule has 0 aromatic rings. The van der Waals surface area contributed by atoms with Crippen LogP contribution in [-0.4, -0.2) is 0 Å². The molecular weight excluding hydrogens is 132 g/mol. The molecule has 1 unspecified atom stereocenters. The maximum Gasteiger partial charge on any atom is -0.0383 e. The highest BCUT2D eigenvalue weighted by atomic mass is 14.0. The van der Waals surface area contributed by atoms with Crippen LogP contribution < -0.4 is 0 Å². The summed E-state index contributed by atoms with van der Waals surface area (Å²) >= 11 is 0. The lowest BCUT2D eigenvalue weighted by Crippen LogP contribution is -1.92. The standard InChI is InChI=1S/C11H23/c1-4-6-7-8-9-10-11(3)5-2/h9,11H,4-8,10H2,1-3H3. The molecule has 1 radical (unpaired) electrons. The summed E-state index contributed by atoms with van der Waals surface area (Å²) in [7, 11) is 0. The van der Waals surface area contributed by atoms with Gasteiger partial charge in [0.25, 0.3) is 0 Å². The Kier molecular flexibility index (Phi) is 8.10. The minimum absolute atomic E-state index is 0.900. The molecule has 0 aliphatic rings. The molecule has 67 valence electrons. The maximum absolute atomic E-state index is 2.46. The highest BCUT2D eigenvalue weighted by molar-refractivity contribution is 4.67. The molecule has 0 aliphatic heterocycles. The zero-order chi connectivity index (χ0) is 8.53. The number of hydrogen-bond acceptors (Lipinski definition) is 0. The van der Waals surface area contributed by atoms with Crippen LogP contribution in [0.25, 0.3) is 0 Å². The number of hydrogen-bond donors (Lipinski definition) is 0. The Morgan fingerprint density at radius 2 is 1.91 bits per heavy atom. The van der Waals surface area contributed by atoms with Gasteiger partial charge in [0.2, 0.25) is 0 Å². The van der Waals surface area contributed by atoms with Crippen LogP contribution in [0, 0.1) is 12.3 Å². The monoisotopic (exact) mass is 155 g/mol. The van der Waals surface area contributed by atoms with Gasteiger partial charge in [0.05, 0.1) is 0 Å². The maximum atomic E-state index is 2.46. The zero-order valence-corrected chi connectivity index (χ0v) is 8.40. The third-order valence-corrected chi connectivity index (χ3v) is 2.28. The molecule has 0 heterocycles. The molecule has 0 fully saturated rings. The van der Waals surface area contributed by atoms with Crippen molar-refractivity contribution in [3.05, 3.63) is 6.42 Å². The molecule has 0 heteroatoms. The van der Waals surface area contributed by atoms with Crippen molar-refractivity contribution in [1.82, 2.24) is 0 Å². The summed E-state index contributed by atoms with van der Waals surface area (Å²) < 4.78 is 0. The first-order chi connectivity index (χ1) is 5.31. The van der Waals surface area contributed by atoms with Gasteiger partial charge in [-0.25, -0.2) is 0 Å². The van der Waals surface area contributed by atoms with E-state index in [4.69, 9.17) is 0 Å². The van der Waals surface area contributed by atoms with E-state index in [9.17, 15) is 0 Å². The molecule has 0 aliphatic carbocycles. The number of rotatable bonds is 7. The molecule has 0 nitrogen and oxygen atoms in total. The van der Waals surface area contributed by atoms with E-state index in [1.165, 1.54) is 38.5 Å². The van der Waals surface area contributed by atoms with Crippen LogP contribution in [0.1, 0.15) is 59.3 Å². The Morgan fingerprint density at radius 3 is 2.45 bits per heavy atom. The molecule has 0 saturated carbocycles. The van der Waals surface area contributed by atoms with Gasteiger partial charge < -0.3 is 0 Å². The van der Waals surface area contributed by atoms with Crippen molar-refractivity contribution in [3.63, 3.8) is 0 Å². The lowest BCUT2D eigenvalue weighted by molar-refractivity contribution is 0.536. The summed E-state index contributed by atoms with van der Waals surface area (Å²) in [6.45, 7) is 6.86. The van der Waals surface area contributed by atoms with E-state index in [1.54, 1.807) is 0 Å². The highest BCUT2D eigenvalue weighted by Crippen LogP contribution is 2.12. The molecule has 0 aromatic heterocycles. The molecule has 0 rings (SSSR count). The van der Waals surface area contributed by atoms with Crippen molar-refractivity contribution in [3.8, 4) is 0 Å². The van der Waals surface area contributed by atoms with Crippen molar-refractivity contribution < 1.29 is 0 Å². The SMILES string of the molecule is CCCCC[CH]CC(C)CC. The van der Waals surface area contributed by atoms with Crippen LogP contribution in [0.3, 0.4) is 0 Å². The van der Waals surface area contributed by atoms with Gasteiger partial charge in [-0.1, -0.05) is 52.9 Å². The van der Waals surface area contributed by atoms with E-state index >= 15 is 0 Å². The Bertz CT molecular complexity index is 66.4. The van der Waals surface area contributed by atoms with Crippen LogP contribution in [0.4, 0.5) is 0 Å². The van der Waals surface area contributed by atoms with Crippen LogP contribution in [0.15, 0.2) is 0 Å². The Labute approximate surface area is 72.4 Å². The predicted octanol–water partition coefficient (Wildman–Crippen LogP) is 4.21. The van der Waals surface area contributed by atoms with E-state index in [0.717, 1.165) is 5.92 Å². The van der Waals surface area contributed by atoms with E-state index < -0.39 is 0 Å². The highest BCUT2D eigenvalue weighted by Gasteiger charge is 1.97. The summed E-state index contributed by atoms with van der Waals surface area (Å²) in [6, 6.07) is 0.